The van der Waals surface area contributed by atoms with Crippen molar-refractivity contribution in [3.8, 4) is 5.75 Å². The quantitative estimate of drug-likeness (QED) is 0.510. The molecule has 0 aliphatic rings. The van der Waals surface area contributed by atoms with Gasteiger partial charge in [-0.05, 0) is 32.0 Å². The van der Waals surface area contributed by atoms with E-state index in [1.54, 1.807) is 0 Å². The summed E-state index contributed by atoms with van der Waals surface area (Å²) in [5.41, 5.74) is 0.749. The maximum atomic E-state index is 11.9. The molecule has 136 valence electrons. The number of carbonyl (C=O) groups excluding carboxylic acids is 1. The summed E-state index contributed by atoms with van der Waals surface area (Å²) >= 11 is 0. The first kappa shape index (κ1) is 20.5. The average Bonchev–Trinajstić information content (AvgIpc) is 2.58. The van der Waals surface area contributed by atoms with Crippen LogP contribution < -0.4 is 15.4 Å². The van der Waals surface area contributed by atoms with E-state index < -0.39 is 0 Å². The van der Waals surface area contributed by atoms with Crippen molar-refractivity contribution in [2.45, 2.75) is 46.0 Å². The van der Waals surface area contributed by atoms with Gasteiger partial charge in [-0.1, -0.05) is 38.7 Å². The molecule has 1 aromatic rings. The van der Waals surface area contributed by atoms with Gasteiger partial charge in [-0.3, -0.25) is 4.79 Å². The van der Waals surface area contributed by atoms with Crippen LogP contribution in [0.5, 0.6) is 5.75 Å². The molecule has 5 nitrogen and oxygen atoms in total. The second kappa shape index (κ2) is 13.8. The number of ether oxygens (including phenoxy) is 2. The molecule has 0 radical (unpaired) electrons. The third kappa shape index (κ3) is 10.2. The van der Waals surface area contributed by atoms with Crippen LogP contribution in [0.25, 0.3) is 0 Å². The normalized spacial score (nSPS) is 10.6. The highest BCUT2D eigenvalue weighted by Gasteiger charge is 2.03. The Bertz CT molecular complexity index is 452. The number of unbranched alkanes of at least 4 members (excludes halogenated alkanes) is 4. The smallest absolute Gasteiger partial charge is 0.238 e. The number of nitrogens with one attached hydrogen (secondary N) is 2. The number of rotatable bonds is 14. The summed E-state index contributed by atoms with van der Waals surface area (Å²) in [5.74, 6) is 0.700. The van der Waals surface area contributed by atoms with Gasteiger partial charge in [-0.2, -0.15) is 0 Å². The van der Waals surface area contributed by atoms with Gasteiger partial charge in [0.1, 0.15) is 12.4 Å². The molecule has 0 aromatic heterocycles. The van der Waals surface area contributed by atoms with Crippen molar-refractivity contribution < 1.29 is 14.3 Å². The highest BCUT2D eigenvalue weighted by atomic mass is 16.5. The van der Waals surface area contributed by atoms with Crippen LogP contribution in [0.4, 0.5) is 5.69 Å². The molecule has 1 rings (SSSR count). The Labute approximate surface area is 146 Å². The molecule has 24 heavy (non-hydrogen) atoms. The predicted octanol–water partition coefficient (Wildman–Crippen LogP) is 3.60. The molecule has 0 bridgehead atoms. The van der Waals surface area contributed by atoms with Gasteiger partial charge >= 0.3 is 0 Å². The van der Waals surface area contributed by atoms with Gasteiger partial charge in [0, 0.05) is 18.4 Å². The molecule has 0 heterocycles. The van der Waals surface area contributed by atoms with Crippen molar-refractivity contribution >= 4 is 11.6 Å². The monoisotopic (exact) mass is 336 g/mol. The average molecular weight is 336 g/mol. The molecule has 1 aromatic carbocycles. The van der Waals surface area contributed by atoms with E-state index in [4.69, 9.17) is 9.47 Å². The second-order valence-electron chi connectivity index (χ2n) is 5.71. The van der Waals surface area contributed by atoms with Crippen molar-refractivity contribution in [2.75, 3.05) is 38.2 Å². The third-order valence-electron chi connectivity index (χ3n) is 3.56. The Morgan fingerprint density at radius 1 is 1.08 bits per heavy atom. The zero-order valence-electron chi connectivity index (χ0n) is 15.1. The molecule has 0 aliphatic heterocycles. The van der Waals surface area contributed by atoms with Crippen LogP contribution in [-0.4, -0.2) is 38.8 Å². The van der Waals surface area contributed by atoms with E-state index in [-0.39, 0.29) is 5.91 Å². The van der Waals surface area contributed by atoms with Crippen LogP contribution in [0.1, 0.15) is 46.0 Å². The Morgan fingerprint density at radius 2 is 1.92 bits per heavy atom. The lowest BCUT2D eigenvalue weighted by atomic mass is 10.1. The minimum Gasteiger partial charge on any atom is -0.491 e. The molecule has 5 heteroatoms. The number of carbonyl (C=O) groups is 1. The van der Waals surface area contributed by atoms with Crippen LogP contribution in [0, 0.1) is 0 Å². The Morgan fingerprint density at radius 3 is 2.71 bits per heavy atom. The second-order valence-corrected chi connectivity index (χ2v) is 5.71. The van der Waals surface area contributed by atoms with Gasteiger partial charge in [0.25, 0.3) is 0 Å². The third-order valence-corrected chi connectivity index (χ3v) is 3.56. The molecule has 0 saturated heterocycles. The van der Waals surface area contributed by atoms with Crippen molar-refractivity contribution in [2.24, 2.45) is 0 Å². The zero-order valence-corrected chi connectivity index (χ0v) is 15.1. The molecule has 2 N–H and O–H groups in total. The van der Waals surface area contributed by atoms with Gasteiger partial charge in [0.2, 0.25) is 5.91 Å². The van der Waals surface area contributed by atoms with E-state index in [9.17, 15) is 4.79 Å². The molecule has 0 fully saturated rings. The number of amides is 1. The molecule has 0 spiro atoms. The summed E-state index contributed by atoms with van der Waals surface area (Å²) in [7, 11) is 0. The summed E-state index contributed by atoms with van der Waals surface area (Å²) in [6.45, 7) is 7.14. The van der Waals surface area contributed by atoms with Gasteiger partial charge in [0.05, 0.1) is 13.2 Å². The van der Waals surface area contributed by atoms with Crippen LogP contribution in [0.15, 0.2) is 24.3 Å². The van der Waals surface area contributed by atoms with E-state index in [2.05, 4.69) is 17.6 Å². The lowest BCUT2D eigenvalue weighted by Gasteiger charge is -2.10. The lowest BCUT2D eigenvalue weighted by Crippen LogP contribution is -2.28. The summed E-state index contributed by atoms with van der Waals surface area (Å²) < 4.78 is 10.8. The fourth-order valence-electron chi connectivity index (χ4n) is 2.29. The minimum absolute atomic E-state index is 0.0324. The number of benzene rings is 1. The topological polar surface area (TPSA) is 59.6 Å². The van der Waals surface area contributed by atoms with Crippen LogP contribution in [-0.2, 0) is 9.53 Å². The van der Waals surface area contributed by atoms with Gasteiger partial charge in [-0.15, -0.1) is 0 Å². The largest absolute Gasteiger partial charge is 0.491 e. The Kier molecular flexibility index (Phi) is 11.8. The van der Waals surface area contributed by atoms with Crippen LogP contribution in [0.2, 0.25) is 0 Å². The van der Waals surface area contributed by atoms with Crippen molar-refractivity contribution in [1.29, 1.82) is 0 Å². The van der Waals surface area contributed by atoms with Crippen molar-refractivity contribution in [3.05, 3.63) is 24.3 Å². The first-order valence-electron chi connectivity index (χ1n) is 9.07. The highest BCUT2D eigenvalue weighted by molar-refractivity contribution is 5.92. The summed E-state index contributed by atoms with van der Waals surface area (Å²) in [6, 6.07) is 7.43. The minimum atomic E-state index is -0.0324. The molecule has 0 unspecified atom stereocenters. The molecular formula is C19H32N2O3. The summed E-state index contributed by atoms with van der Waals surface area (Å²) in [4.78, 5) is 11.9. The van der Waals surface area contributed by atoms with Gasteiger partial charge in [-0.25, -0.2) is 0 Å². The SMILES string of the molecule is CCCCCCCNCC(=O)Nc1cccc(OCCOCC)c1. The zero-order chi connectivity index (χ0) is 17.5. The van der Waals surface area contributed by atoms with E-state index >= 15 is 0 Å². The maximum Gasteiger partial charge on any atom is 0.238 e. The fourth-order valence-corrected chi connectivity index (χ4v) is 2.29. The van der Waals surface area contributed by atoms with Crippen LogP contribution >= 0.6 is 0 Å². The van der Waals surface area contributed by atoms with Gasteiger partial charge in [0.15, 0.2) is 0 Å². The predicted molar refractivity (Wildman–Crippen MR) is 98.7 cm³/mol. The van der Waals surface area contributed by atoms with E-state index in [1.165, 1.54) is 25.7 Å². The van der Waals surface area contributed by atoms with Gasteiger partial charge < -0.3 is 20.1 Å². The molecule has 0 aliphatic carbocycles. The Balaban J connectivity index is 2.19. The highest BCUT2D eigenvalue weighted by Crippen LogP contribution is 2.17. The summed E-state index contributed by atoms with van der Waals surface area (Å²) in [5, 5.41) is 6.07. The molecule has 0 saturated carbocycles. The number of anilines is 1. The van der Waals surface area contributed by atoms with Crippen LogP contribution in [0.3, 0.4) is 0 Å². The number of hydrogen-bond acceptors (Lipinski definition) is 4. The van der Waals surface area contributed by atoms with E-state index in [0.717, 1.165) is 24.4 Å². The summed E-state index contributed by atoms with van der Waals surface area (Å²) in [6.07, 6.45) is 6.17. The first-order valence-corrected chi connectivity index (χ1v) is 9.07. The standard InChI is InChI=1S/C19H32N2O3/c1-3-5-6-7-8-12-20-16-19(22)21-17-10-9-11-18(15-17)24-14-13-23-4-2/h9-11,15,20H,3-8,12-14,16H2,1-2H3,(H,21,22). The number of hydrogen-bond donors (Lipinski definition) is 2. The van der Waals surface area contributed by atoms with E-state index in [0.29, 0.717) is 26.4 Å². The lowest BCUT2D eigenvalue weighted by molar-refractivity contribution is -0.115. The molecule has 0 atom stereocenters. The molecule has 1 amide bonds. The van der Waals surface area contributed by atoms with Crippen molar-refractivity contribution in [1.82, 2.24) is 5.32 Å². The fraction of sp³-hybridized carbons (Fsp3) is 0.632. The van der Waals surface area contributed by atoms with Crippen molar-refractivity contribution in [3.63, 3.8) is 0 Å². The Hall–Kier alpha value is -1.59. The first-order chi connectivity index (χ1) is 11.8. The molecular weight excluding hydrogens is 304 g/mol. The maximum absolute atomic E-state index is 11.9. The van der Waals surface area contributed by atoms with E-state index in [1.807, 2.05) is 31.2 Å².